The van der Waals surface area contributed by atoms with Crippen LogP contribution in [-0.4, -0.2) is 44.9 Å². The molecule has 1 aliphatic rings. The van der Waals surface area contributed by atoms with Crippen molar-refractivity contribution in [2.45, 2.75) is 13.3 Å². The highest BCUT2D eigenvalue weighted by Crippen LogP contribution is 2.28. The van der Waals surface area contributed by atoms with Crippen molar-refractivity contribution in [1.82, 2.24) is 14.9 Å². The number of pyridine rings is 2. The third-order valence-corrected chi connectivity index (χ3v) is 5.20. The van der Waals surface area contributed by atoms with E-state index in [1.165, 1.54) is 0 Å². The topological polar surface area (TPSA) is 83.4 Å². The van der Waals surface area contributed by atoms with Gasteiger partial charge in [-0.25, -0.2) is 4.98 Å². The summed E-state index contributed by atoms with van der Waals surface area (Å²) in [4.78, 5) is 35.4. The van der Waals surface area contributed by atoms with Crippen molar-refractivity contribution in [3.05, 3.63) is 60.4 Å². The monoisotopic (exact) mass is 375 g/mol. The molecule has 2 aromatic heterocycles. The Labute approximate surface area is 162 Å². The number of aliphatic carboxylic acids is 1. The van der Waals surface area contributed by atoms with Gasteiger partial charge in [0.15, 0.2) is 0 Å². The number of rotatable bonds is 3. The summed E-state index contributed by atoms with van der Waals surface area (Å²) in [6.07, 6.45) is 4.00. The maximum atomic E-state index is 13.4. The molecule has 0 saturated carbocycles. The largest absolute Gasteiger partial charge is 0.481 e. The smallest absolute Gasteiger partial charge is 0.308 e. The highest BCUT2D eigenvalue weighted by Gasteiger charge is 2.33. The van der Waals surface area contributed by atoms with Crippen LogP contribution in [0.25, 0.3) is 22.2 Å². The minimum absolute atomic E-state index is 0.143. The maximum absolute atomic E-state index is 13.4. The van der Waals surface area contributed by atoms with Gasteiger partial charge in [0.25, 0.3) is 5.91 Å². The third-order valence-electron chi connectivity index (χ3n) is 5.20. The summed E-state index contributed by atoms with van der Waals surface area (Å²) < 4.78 is 0. The summed E-state index contributed by atoms with van der Waals surface area (Å²) in [7, 11) is 0. The SMILES string of the molecule is CC1CC(C(=O)O)CN(C(=O)c2cc(-c3cccnc3)nc3ccccc23)C1. The van der Waals surface area contributed by atoms with E-state index in [1.807, 2.05) is 43.3 Å². The first-order valence-electron chi connectivity index (χ1n) is 9.35. The number of fused-ring (bicyclic) bond motifs is 1. The predicted molar refractivity (Wildman–Crippen MR) is 106 cm³/mol. The Hall–Kier alpha value is -3.28. The van der Waals surface area contributed by atoms with E-state index in [2.05, 4.69) is 9.97 Å². The predicted octanol–water partition coefficient (Wildman–Crippen LogP) is 3.48. The van der Waals surface area contributed by atoms with Gasteiger partial charge in [0, 0.05) is 36.4 Å². The Morgan fingerprint density at radius 3 is 2.71 bits per heavy atom. The number of hydrogen-bond donors (Lipinski definition) is 1. The summed E-state index contributed by atoms with van der Waals surface area (Å²) in [5.74, 6) is -1.38. The summed E-state index contributed by atoms with van der Waals surface area (Å²) >= 11 is 0. The van der Waals surface area contributed by atoms with Crippen molar-refractivity contribution in [3.63, 3.8) is 0 Å². The second-order valence-electron chi connectivity index (χ2n) is 7.40. The average molecular weight is 375 g/mol. The number of likely N-dealkylation sites (tertiary alicyclic amines) is 1. The Bertz CT molecular complexity index is 1040. The van der Waals surface area contributed by atoms with Crippen LogP contribution in [0.5, 0.6) is 0 Å². The molecule has 3 aromatic rings. The molecule has 28 heavy (non-hydrogen) atoms. The molecule has 1 N–H and O–H groups in total. The highest BCUT2D eigenvalue weighted by molar-refractivity contribution is 6.07. The summed E-state index contributed by atoms with van der Waals surface area (Å²) in [5, 5.41) is 10.2. The second kappa shape index (κ2) is 7.38. The molecule has 3 heterocycles. The van der Waals surface area contributed by atoms with Gasteiger partial charge < -0.3 is 10.0 Å². The minimum atomic E-state index is -0.847. The van der Waals surface area contributed by atoms with Crippen molar-refractivity contribution in [2.24, 2.45) is 11.8 Å². The number of carboxylic acid groups (broad SMARTS) is 1. The number of nitrogens with zero attached hydrogens (tertiary/aromatic N) is 3. The molecular weight excluding hydrogens is 354 g/mol. The molecule has 1 aliphatic heterocycles. The molecule has 0 radical (unpaired) electrons. The number of carbonyl (C=O) groups is 2. The number of hydrogen-bond acceptors (Lipinski definition) is 4. The van der Waals surface area contributed by atoms with Crippen molar-refractivity contribution in [1.29, 1.82) is 0 Å². The molecule has 1 saturated heterocycles. The quantitative estimate of drug-likeness (QED) is 0.758. The lowest BCUT2D eigenvalue weighted by Gasteiger charge is -2.35. The van der Waals surface area contributed by atoms with Gasteiger partial charge in [-0.1, -0.05) is 25.1 Å². The Kier molecular flexibility index (Phi) is 4.77. The van der Waals surface area contributed by atoms with E-state index in [-0.39, 0.29) is 18.4 Å². The van der Waals surface area contributed by atoms with Crippen LogP contribution < -0.4 is 0 Å². The van der Waals surface area contributed by atoms with E-state index in [1.54, 1.807) is 23.4 Å². The minimum Gasteiger partial charge on any atom is -0.481 e. The lowest BCUT2D eigenvalue weighted by Crippen LogP contribution is -2.45. The average Bonchev–Trinajstić information content (AvgIpc) is 2.72. The van der Waals surface area contributed by atoms with Crippen LogP contribution in [0.3, 0.4) is 0 Å². The zero-order valence-corrected chi connectivity index (χ0v) is 15.6. The number of aromatic nitrogens is 2. The van der Waals surface area contributed by atoms with Gasteiger partial charge in [-0.3, -0.25) is 14.6 Å². The molecule has 4 rings (SSSR count). The van der Waals surface area contributed by atoms with Gasteiger partial charge in [0.1, 0.15) is 0 Å². The fourth-order valence-corrected chi connectivity index (χ4v) is 3.88. The van der Waals surface area contributed by atoms with E-state index in [9.17, 15) is 14.7 Å². The van der Waals surface area contributed by atoms with E-state index in [4.69, 9.17) is 0 Å². The van der Waals surface area contributed by atoms with E-state index < -0.39 is 11.9 Å². The molecule has 6 heteroatoms. The van der Waals surface area contributed by atoms with Gasteiger partial charge in [0.05, 0.1) is 22.7 Å². The molecule has 1 aromatic carbocycles. The Morgan fingerprint density at radius 1 is 1.14 bits per heavy atom. The van der Waals surface area contributed by atoms with Gasteiger partial charge in [0.2, 0.25) is 0 Å². The Balaban J connectivity index is 1.78. The number of amides is 1. The van der Waals surface area contributed by atoms with Crippen molar-refractivity contribution in [2.75, 3.05) is 13.1 Å². The van der Waals surface area contributed by atoms with Gasteiger partial charge >= 0.3 is 5.97 Å². The van der Waals surface area contributed by atoms with Crippen molar-refractivity contribution >= 4 is 22.8 Å². The van der Waals surface area contributed by atoms with Crippen molar-refractivity contribution < 1.29 is 14.7 Å². The lowest BCUT2D eigenvalue weighted by molar-refractivity contribution is -0.143. The molecule has 2 atom stereocenters. The van der Waals surface area contributed by atoms with Crippen LogP contribution in [0.1, 0.15) is 23.7 Å². The number of carboxylic acids is 1. The zero-order valence-electron chi connectivity index (χ0n) is 15.6. The van der Waals surface area contributed by atoms with Crippen molar-refractivity contribution in [3.8, 4) is 11.3 Å². The molecule has 1 fully saturated rings. The fraction of sp³-hybridized carbons (Fsp3) is 0.273. The van der Waals surface area contributed by atoms with Gasteiger partial charge in [-0.15, -0.1) is 0 Å². The Morgan fingerprint density at radius 2 is 1.96 bits per heavy atom. The normalized spacial score (nSPS) is 19.5. The molecule has 0 aliphatic carbocycles. The third kappa shape index (κ3) is 3.45. The second-order valence-corrected chi connectivity index (χ2v) is 7.40. The molecular formula is C22H21N3O3. The van der Waals surface area contributed by atoms with Crippen LogP contribution in [0.2, 0.25) is 0 Å². The molecule has 142 valence electrons. The van der Waals surface area contributed by atoms with Crippen LogP contribution >= 0.6 is 0 Å². The highest BCUT2D eigenvalue weighted by atomic mass is 16.4. The van der Waals surface area contributed by atoms with Crippen LogP contribution in [0.4, 0.5) is 0 Å². The summed E-state index contributed by atoms with van der Waals surface area (Å²) in [6, 6.07) is 13.1. The van der Waals surface area contributed by atoms with E-state index in [0.717, 1.165) is 16.5 Å². The van der Waals surface area contributed by atoms with Crippen LogP contribution in [0, 0.1) is 11.8 Å². The summed E-state index contributed by atoms with van der Waals surface area (Å²) in [5.41, 5.74) is 2.78. The van der Waals surface area contributed by atoms with Gasteiger partial charge in [-0.2, -0.15) is 0 Å². The standard InChI is InChI=1S/C22H21N3O3/c1-14-9-16(22(27)28)13-25(12-14)21(26)18-10-20(15-5-4-8-23-11-15)24-19-7-3-2-6-17(18)19/h2-8,10-11,14,16H,9,12-13H2,1H3,(H,27,28). The zero-order chi connectivity index (χ0) is 19.7. The van der Waals surface area contributed by atoms with Crippen LogP contribution in [-0.2, 0) is 4.79 Å². The molecule has 0 spiro atoms. The first-order valence-corrected chi connectivity index (χ1v) is 9.35. The molecule has 6 nitrogen and oxygen atoms in total. The first kappa shape index (κ1) is 18.1. The molecule has 2 unspecified atom stereocenters. The number of benzene rings is 1. The van der Waals surface area contributed by atoms with E-state index >= 15 is 0 Å². The van der Waals surface area contributed by atoms with Crippen LogP contribution in [0.15, 0.2) is 54.9 Å². The summed E-state index contributed by atoms with van der Waals surface area (Å²) in [6.45, 7) is 2.78. The molecule has 0 bridgehead atoms. The number of para-hydroxylation sites is 1. The fourth-order valence-electron chi connectivity index (χ4n) is 3.88. The molecule has 1 amide bonds. The van der Waals surface area contributed by atoms with Gasteiger partial charge in [-0.05, 0) is 36.6 Å². The number of piperidine rings is 1. The van der Waals surface area contributed by atoms with E-state index in [0.29, 0.717) is 24.2 Å². The first-order chi connectivity index (χ1) is 13.5. The lowest BCUT2D eigenvalue weighted by atomic mass is 9.90. The maximum Gasteiger partial charge on any atom is 0.308 e. The number of carbonyl (C=O) groups excluding carboxylic acids is 1.